The topological polar surface area (TPSA) is 17.1 Å². The molecule has 0 aliphatic carbocycles. The van der Waals surface area contributed by atoms with Gasteiger partial charge < -0.3 is 0 Å². The number of carbonyl (C=O) groups excluding carboxylic acids is 1. The lowest BCUT2D eigenvalue weighted by Gasteiger charge is -1.90. The van der Waals surface area contributed by atoms with Gasteiger partial charge in [0.15, 0.2) is 0 Å². The number of hydrogen-bond donors (Lipinski definition) is 0. The number of carbonyl (C=O) groups is 1. The van der Waals surface area contributed by atoms with Gasteiger partial charge in [-0.05, 0) is 18.6 Å². The van der Waals surface area contributed by atoms with Crippen molar-refractivity contribution in [3.05, 3.63) is 35.4 Å². The molecule has 1 nitrogen and oxygen atoms in total. The molecule has 0 spiro atoms. The summed E-state index contributed by atoms with van der Waals surface area (Å²) in [7, 11) is 0. The molecule has 0 amide bonds. The third kappa shape index (κ3) is 3.13. The van der Waals surface area contributed by atoms with Gasteiger partial charge in [-0.25, -0.2) is 0 Å². The van der Waals surface area contributed by atoms with E-state index in [-0.39, 0.29) is 0 Å². The fraction of sp³-hybridized carbons (Fsp3) is 0.250. The lowest BCUT2D eigenvalue weighted by Crippen LogP contribution is -1.79. The van der Waals surface area contributed by atoms with Crippen LogP contribution in [0.5, 0.6) is 0 Å². The summed E-state index contributed by atoms with van der Waals surface area (Å²) < 4.78 is 0. The summed E-state index contributed by atoms with van der Waals surface area (Å²) in [6.45, 7) is 2.10. The van der Waals surface area contributed by atoms with E-state index >= 15 is 0 Å². The zero-order valence-corrected chi connectivity index (χ0v) is 7.71. The minimum Gasteiger partial charge on any atom is -0.298 e. The summed E-state index contributed by atoms with van der Waals surface area (Å²) in [5.74, 6) is 6.08. The molecule has 0 fully saturated rings. The van der Waals surface area contributed by atoms with Gasteiger partial charge in [0.05, 0.1) is 0 Å². The van der Waals surface area contributed by atoms with Gasteiger partial charge >= 0.3 is 0 Å². The van der Waals surface area contributed by atoms with Crippen molar-refractivity contribution in [2.75, 3.05) is 0 Å². The zero-order chi connectivity index (χ0) is 9.52. The zero-order valence-electron chi connectivity index (χ0n) is 7.71. The second kappa shape index (κ2) is 5.16. The van der Waals surface area contributed by atoms with Gasteiger partial charge in [-0.3, -0.25) is 4.79 Å². The third-order valence-corrected chi connectivity index (χ3v) is 1.65. The monoisotopic (exact) mass is 172 g/mol. The second-order valence-corrected chi connectivity index (χ2v) is 2.79. The first kappa shape index (κ1) is 9.54. The van der Waals surface area contributed by atoms with Crippen LogP contribution in [-0.4, -0.2) is 6.29 Å². The maximum atomic E-state index is 10.3. The molecular formula is C12H12O. The van der Waals surface area contributed by atoms with Crippen LogP contribution in [0.1, 0.15) is 35.7 Å². The average molecular weight is 172 g/mol. The molecule has 0 bridgehead atoms. The van der Waals surface area contributed by atoms with Crippen LogP contribution in [0.15, 0.2) is 24.3 Å². The van der Waals surface area contributed by atoms with Gasteiger partial charge in [-0.1, -0.05) is 30.9 Å². The molecule has 1 rings (SSSR count). The van der Waals surface area contributed by atoms with Crippen molar-refractivity contribution in [3.8, 4) is 11.8 Å². The van der Waals surface area contributed by atoms with E-state index in [1.807, 2.05) is 12.1 Å². The number of benzene rings is 1. The van der Waals surface area contributed by atoms with E-state index in [0.717, 1.165) is 24.7 Å². The summed E-state index contributed by atoms with van der Waals surface area (Å²) in [6, 6.07) is 7.30. The molecule has 1 aromatic rings. The standard InChI is InChI=1S/C12H12O/c1-2-3-4-5-11-6-8-12(10-13)9-7-11/h6-10H,2-3H2,1H3. The van der Waals surface area contributed by atoms with Crippen LogP contribution in [0.2, 0.25) is 0 Å². The summed E-state index contributed by atoms with van der Waals surface area (Å²) in [4.78, 5) is 10.3. The number of aldehydes is 1. The largest absolute Gasteiger partial charge is 0.298 e. The average Bonchev–Trinajstić information content (AvgIpc) is 2.19. The van der Waals surface area contributed by atoms with Crippen LogP contribution >= 0.6 is 0 Å². The van der Waals surface area contributed by atoms with E-state index in [4.69, 9.17) is 0 Å². The number of unbranched alkanes of at least 4 members (excludes halogenated alkanes) is 1. The lowest BCUT2D eigenvalue weighted by molar-refractivity contribution is 0.112. The highest BCUT2D eigenvalue weighted by Gasteiger charge is 1.88. The molecule has 0 radical (unpaired) electrons. The molecule has 66 valence electrons. The van der Waals surface area contributed by atoms with Gasteiger partial charge in [0.1, 0.15) is 6.29 Å². The SMILES string of the molecule is CCCC#Cc1ccc(C=O)cc1. The highest BCUT2D eigenvalue weighted by atomic mass is 16.1. The van der Waals surface area contributed by atoms with Crippen molar-refractivity contribution in [1.29, 1.82) is 0 Å². The van der Waals surface area contributed by atoms with E-state index in [2.05, 4.69) is 18.8 Å². The maximum absolute atomic E-state index is 10.3. The highest BCUT2D eigenvalue weighted by molar-refractivity contribution is 5.74. The van der Waals surface area contributed by atoms with Gasteiger partial charge in [0, 0.05) is 17.5 Å². The Hall–Kier alpha value is -1.55. The predicted molar refractivity (Wildman–Crippen MR) is 53.6 cm³/mol. The van der Waals surface area contributed by atoms with Crippen LogP contribution in [0.25, 0.3) is 0 Å². The van der Waals surface area contributed by atoms with Crippen LogP contribution in [0.3, 0.4) is 0 Å². The lowest BCUT2D eigenvalue weighted by atomic mass is 10.1. The van der Waals surface area contributed by atoms with Crippen LogP contribution < -0.4 is 0 Å². The summed E-state index contributed by atoms with van der Waals surface area (Å²) in [5, 5.41) is 0. The van der Waals surface area contributed by atoms with Crippen molar-refractivity contribution in [3.63, 3.8) is 0 Å². The van der Waals surface area contributed by atoms with E-state index in [1.54, 1.807) is 12.1 Å². The van der Waals surface area contributed by atoms with Gasteiger partial charge in [-0.15, -0.1) is 0 Å². The smallest absolute Gasteiger partial charge is 0.150 e. The van der Waals surface area contributed by atoms with Crippen molar-refractivity contribution in [2.45, 2.75) is 19.8 Å². The minimum absolute atomic E-state index is 0.695. The maximum Gasteiger partial charge on any atom is 0.150 e. The Morgan fingerprint density at radius 2 is 2.00 bits per heavy atom. The fourth-order valence-corrected chi connectivity index (χ4v) is 0.935. The Morgan fingerprint density at radius 3 is 2.54 bits per heavy atom. The Kier molecular flexibility index (Phi) is 3.78. The van der Waals surface area contributed by atoms with Gasteiger partial charge in [0.2, 0.25) is 0 Å². The Morgan fingerprint density at radius 1 is 1.31 bits per heavy atom. The van der Waals surface area contributed by atoms with Crippen LogP contribution in [-0.2, 0) is 0 Å². The minimum atomic E-state index is 0.695. The molecule has 0 heterocycles. The van der Waals surface area contributed by atoms with Crippen molar-refractivity contribution >= 4 is 6.29 Å². The predicted octanol–water partition coefficient (Wildman–Crippen LogP) is 2.65. The first-order valence-corrected chi connectivity index (χ1v) is 4.41. The molecule has 1 aromatic carbocycles. The van der Waals surface area contributed by atoms with Gasteiger partial charge in [-0.2, -0.15) is 0 Å². The molecule has 1 heteroatoms. The summed E-state index contributed by atoms with van der Waals surface area (Å²) >= 11 is 0. The van der Waals surface area contributed by atoms with Crippen LogP contribution in [0.4, 0.5) is 0 Å². The molecule has 0 N–H and O–H groups in total. The van der Waals surface area contributed by atoms with E-state index < -0.39 is 0 Å². The first-order valence-electron chi connectivity index (χ1n) is 4.41. The van der Waals surface area contributed by atoms with E-state index in [1.165, 1.54) is 0 Å². The first-order chi connectivity index (χ1) is 6.36. The quantitative estimate of drug-likeness (QED) is 0.495. The number of rotatable bonds is 2. The summed E-state index contributed by atoms with van der Waals surface area (Å²) in [5.41, 5.74) is 1.67. The van der Waals surface area contributed by atoms with Crippen molar-refractivity contribution < 1.29 is 4.79 Å². The molecule has 0 saturated heterocycles. The van der Waals surface area contributed by atoms with Gasteiger partial charge in [0.25, 0.3) is 0 Å². The van der Waals surface area contributed by atoms with E-state index in [9.17, 15) is 4.79 Å². The third-order valence-electron chi connectivity index (χ3n) is 1.65. The molecule has 13 heavy (non-hydrogen) atoms. The Balaban J connectivity index is 2.71. The second-order valence-electron chi connectivity index (χ2n) is 2.79. The molecule has 0 aliphatic rings. The van der Waals surface area contributed by atoms with E-state index in [0.29, 0.717) is 5.56 Å². The highest BCUT2D eigenvalue weighted by Crippen LogP contribution is 2.00. The molecule has 0 aliphatic heterocycles. The molecular weight excluding hydrogens is 160 g/mol. The molecule has 0 saturated carbocycles. The molecule has 0 unspecified atom stereocenters. The summed E-state index contributed by atoms with van der Waals surface area (Å²) in [6.07, 6.45) is 2.85. The molecule has 0 aromatic heterocycles. The van der Waals surface area contributed by atoms with Crippen molar-refractivity contribution in [2.24, 2.45) is 0 Å². The van der Waals surface area contributed by atoms with Crippen LogP contribution in [0, 0.1) is 11.8 Å². The normalized spacial score (nSPS) is 8.69. The number of hydrogen-bond acceptors (Lipinski definition) is 1. The fourth-order valence-electron chi connectivity index (χ4n) is 0.935. The van der Waals surface area contributed by atoms with Crippen molar-refractivity contribution in [1.82, 2.24) is 0 Å². The molecule has 0 atom stereocenters. The Bertz CT molecular complexity index is 324. The Labute approximate surface area is 78.8 Å².